The van der Waals surface area contributed by atoms with Gasteiger partial charge in [-0.15, -0.1) is 0 Å². The molecule has 0 saturated carbocycles. The van der Waals surface area contributed by atoms with Crippen LogP contribution >= 0.6 is 0 Å². The number of carboxylic acid groups (broad SMARTS) is 2. The fourth-order valence-corrected chi connectivity index (χ4v) is 0.590. The number of allylic oxidation sites excluding steroid dienone is 1. The Morgan fingerprint density at radius 2 is 2.00 bits per heavy atom. The second-order valence-electron chi connectivity index (χ2n) is 2.27. The normalized spacial score (nSPS) is 13.2. The molecule has 11 heavy (non-hydrogen) atoms. The number of hydrogen-bond acceptors (Lipinski definition) is 2. The highest BCUT2D eigenvalue weighted by Gasteiger charge is 2.03. The van der Waals surface area contributed by atoms with Gasteiger partial charge in [-0.2, -0.15) is 0 Å². The number of carbonyl (C=O) groups is 2. The summed E-state index contributed by atoms with van der Waals surface area (Å²) < 4.78 is 0. The van der Waals surface area contributed by atoms with E-state index < -0.39 is 11.9 Å². The van der Waals surface area contributed by atoms with Crippen molar-refractivity contribution in [3.63, 3.8) is 0 Å². The molecule has 4 heteroatoms. The van der Waals surface area contributed by atoms with E-state index in [9.17, 15) is 9.59 Å². The van der Waals surface area contributed by atoms with E-state index in [4.69, 9.17) is 10.2 Å². The molecule has 0 aliphatic heterocycles. The number of carboxylic acids is 2. The van der Waals surface area contributed by atoms with E-state index in [1.165, 1.54) is 6.08 Å². The molecule has 0 unspecified atom stereocenters. The molecule has 4 nitrogen and oxygen atoms in total. The van der Waals surface area contributed by atoms with Gasteiger partial charge in [0.15, 0.2) is 0 Å². The summed E-state index contributed by atoms with van der Waals surface area (Å²) >= 11 is 0. The zero-order chi connectivity index (χ0) is 8.85. The third-order valence-electron chi connectivity index (χ3n) is 1.06. The summed E-state index contributed by atoms with van der Waals surface area (Å²) in [7, 11) is 0. The lowest BCUT2D eigenvalue weighted by Crippen LogP contribution is -2.02. The summed E-state index contributed by atoms with van der Waals surface area (Å²) in [5.74, 6) is -2.21. The topological polar surface area (TPSA) is 74.6 Å². The predicted molar refractivity (Wildman–Crippen MR) is 38.2 cm³/mol. The largest absolute Gasteiger partial charge is 0.481 e. The van der Waals surface area contributed by atoms with Crippen LogP contribution in [-0.4, -0.2) is 22.2 Å². The number of rotatable bonds is 4. The van der Waals surface area contributed by atoms with E-state index in [-0.39, 0.29) is 12.3 Å². The van der Waals surface area contributed by atoms with Crippen molar-refractivity contribution < 1.29 is 19.8 Å². The molecule has 1 atom stereocenters. The minimum atomic E-state index is -1.05. The van der Waals surface area contributed by atoms with Gasteiger partial charge in [-0.05, 0) is 5.92 Å². The lowest BCUT2D eigenvalue weighted by atomic mass is 10.1. The maximum Gasteiger partial charge on any atom is 0.327 e. The smallest absolute Gasteiger partial charge is 0.327 e. The highest BCUT2D eigenvalue weighted by molar-refractivity contribution is 5.79. The van der Waals surface area contributed by atoms with Gasteiger partial charge in [0.05, 0.1) is 6.42 Å². The van der Waals surface area contributed by atoms with E-state index in [2.05, 4.69) is 0 Å². The summed E-state index contributed by atoms with van der Waals surface area (Å²) in [6, 6.07) is 0. The van der Waals surface area contributed by atoms with Crippen molar-refractivity contribution in [2.24, 2.45) is 5.92 Å². The zero-order valence-corrected chi connectivity index (χ0v) is 6.15. The van der Waals surface area contributed by atoms with Crippen LogP contribution in [0.1, 0.15) is 13.3 Å². The van der Waals surface area contributed by atoms with Crippen molar-refractivity contribution in [1.82, 2.24) is 0 Å². The first kappa shape index (κ1) is 9.68. The molecule has 0 spiro atoms. The predicted octanol–water partition coefficient (Wildman–Crippen LogP) is 0.738. The van der Waals surface area contributed by atoms with Crippen LogP contribution in [0.4, 0.5) is 0 Å². The molecule has 0 aromatic carbocycles. The molecule has 0 aromatic rings. The Labute approximate surface area is 64.2 Å². The zero-order valence-electron chi connectivity index (χ0n) is 6.15. The molecular formula is C7H10O4. The Bertz CT molecular complexity index is 183. The fraction of sp³-hybridized carbons (Fsp3) is 0.429. The molecule has 0 fully saturated rings. The van der Waals surface area contributed by atoms with Gasteiger partial charge in [-0.25, -0.2) is 4.79 Å². The van der Waals surface area contributed by atoms with Crippen molar-refractivity contribution in [2.45, 2.75) is 13.3 Å². The van der Waals surface area contributed by atoms with Crippen LogP contribution in [0.2, 0.25) is 0 Å². The van der Waals surface area contributed by atoms with Crippen molar-refractivity contribution >= 4 is 11.9 Å². The summed E-state index contributed by atoms with van der Waals surface area (Å²) in [5, 5.41) is 16.4. The lowest BCUT2D eigenvalue weighted by Gasteiger charge is -1.98. The van der Waals surface area contributed by atoms with Gasteiger partial charge in [-0.1, -0.05) is 13.0 Å². The van der Waals surface area contributed by atoms with Crippen LogP contribution < -0.4 is 0 Å². The van der Waals surface area contributed by atoms with E-state index in [0.717, 1.165) is 6.08 Å². The molecule has 0 aliphatic carbocycles. The Morgan fingerprint density at radius 1 is 1.45 bits per heavy atom. The summed E-state index contributed by atoms with van der Waals surface area (Å²) in [4.78, 5) is 20.0. The van der Waals surface area contributed by atoms with Crippen LogP contribution in [-0.2, 0) is 9.59 Å². The average Bonchev–Trinajstić information content (AvgIpc) is 1.82. The first-order valence-electron chi connectivity index (χ1n) is 3.15. The van der Waals surface area contributed by atoms with E-state index in [1.54, 1.807) is 6.92 Å². The van der Waals surface area contributed by atoms with E-state index >= 15 is 0 Å². The second-order valence-corrected chi connectivity index (χ2v) is 2.27. The first-order valence-corrected chi connectivity index (χ1v) is 3.15. The molecule has 0 radical (unpaired) electrons. The number of hydrogen-bond donors (Lipinski definition) is 2. The Morgan fingerprint density at radius 3 is 2.36 bits per heavy atom. The standard InChI is InChI=1S/C7H10O4/c1-5(4-7(10)11)2-3-6(8)9/h2-3,5H,4H2,1H3,(H,8,9)(H,10,11)/b3-2+/t5-/m1/s1. The third kappa shape index (κ3) is 6.57. The average molecular weight is 158 g/mol. The first-order chi connectivity index (χ1) is 5.02. The number of aliphatic carboxylic acids is 2. The molecule has 0 aromatic heterocycles. The van der Waals surface area contributed by atoms with Gasteiger partial charge in [0.25, 0.3) is 0 Å². The van der Waals surface area contributed by atoms with Gasteiger partial charge in [0.1, 0.15) is 0 Å². The van der Waals surface area contributed by atoms with Crippen LogP contribution in [0.5, 0.6) is 0 Å². The summed E-state index contributed by atoms with van der Waals surface area (Å²) in [5.41, 5.74) is 0. The molecule has 0 amide bonds. The highest BCUT2D eigenvalue weighted by Crippen LogP contribution is 2.02. The Balaban J connectivity index is 3.77. The van der Waals surface area contributed by atoms with Crippen LogP contribution in [0.3, 0.4) is 0 Å². The molecule has 2 N–H and O–H groups in total. The molecule has 62 valence electrons. The van der Waals surface area contributed by atoms with Crippen molar-refractivity contribution in [1.29, 1.82) is 0 Å². The Kier molecular flexibility index (Phi) is 3.95. The highest BCUT2D eigenvalue weighted by atomic mass is 16.4. The monoisotopic (exact) mass is 158 g/mol. The van der Waals surface area contributed by atoms with Gasteiger partial charge in [0.2, 0.25) is 0 Å². The van der Waals surface area contributed by atoms with Crippen LogP contribution in [0.15, 0.2) is 12.2 Å². The summed E-state index contributed by atoms with van der Waals surface area (Å²) in [6.07, 6.45) is 2.27. The van der Waals surface area contributed by atoms with E-state index in [1.807, 2.05) is 0 Å². The van der Waals surface area contributed by atoms with Crippen LogP contribution in [0, 0.1) is 5.92 Å². The maximum absolute atomic E-state index is 10.1. The van der Waals surface area contributed by atoms with Gasteiger partial charge >= 0.3 is 11.9 Å². The van der Waals surface area contributed by atoms with E-state index in [0.29, 0.717) is 0 Å². The molecule has 0 aliphatic rings. The summed E-state index contributed by atoms with van der Waals surface area (Å²) in [6.45, 7) is 1.65. The SMILES string of the molecule is C[C@H](/C=C/C(=O)O)CC(=O)O. The van der Waals surface area contributed by atoms with Gasteiger partial charge in [0, 0.05) is 6.08 Å². The fourth-order valence-electron chi connectivity index (χ4n) is 0.590. The van der Waals surface area contributed by atoms with Crippen molar-refractivity contribution in [2.75, 3.05) is 0 Å². The minimum Gasteiger partial charge on any atom is -0.481 e. The third-order valence-corrected chi connectivity index (χ3v) is 1.06. The molecule has 0 saturated heterocycles. The van der Waals surface area contributed by atoms with Gasteiger partial charge < -0.3 is 10.2 Å². The minimum absolute atomic E-state index is 0.0379. The quantitative estimate of drug-likeness (QED) is 0.591. The van der Waals surface area contributed by atoms with Crippen molar-refractivity contribution in [3.8, 4) is 0 Å². The second kappa shape index (κ2) is 4.49. The molecule has 0 rings (SSSR count). The maximum atomic E-state index is 10.1. The molecule has 0 bridgehead atoms. The molecule has 0 heterocycles. The Hall–Kier alpha value is -1.32. The van der Waals surface area contributed by atoms with Crippen molar-refractivity contribution in [3.05, 3.63) is 12.2 Å². The van der Waals surface area contributed by atoms with Crippen LogP contribution in [0.25, 0.3) is 0 Å². The lowest BCUT2D eigenvalue weighted by molar-refractivity contribution is -0.137. The van der Waals surface area contributed by atoms with Gasteiger partial charge in [-0.3, -0.25) is 4.79 Å². The molecular weight excluding hydrogens is 148 g/mol.